The van der Waals surface area contributed by atoms with Gasteiger partial charge in [-0.15, -0.1) is 0 Å². The number of carbonyl (C=O) groups is 1. The van der Waals surface area contributed by atoms with Gasteiger partial charge < -0.3 is 9.88 Å². The zero-order valence-corrected chi connectivity index (χ0v) is 15.2. The molecule has 0 radical (unpaired) electrons. The number of rotatable bonds is 4. The quantitative estimate of drug-likeness (QED) is 0.783. The maximum absolute atomic E-state index is 12.7. The number of amides is 1. The minimum Gasteiger partial charge on any atom is -0.361 e. The van der Waals surface area contributed by atoms with Crippen LogP contribution in [0.2, 0.25) is 0 Å². The Morgan fingerprint density at radius 2 is 1.69 bits per heavy atom. The number of aromatic amines is 1. The average molecular weight is 347 g/mol. The number of hydrogen-bond donors (Lipinski definition) is 1. The van der Waals surface area contributed by atoms with Crippen LogP contribution in [-0.2, 0) is 11.2 Å². The number of hydrogen-bond acceptors (Lipinski definition) is 2. The van der Waals surface area contributed by atoms with E-state index in [2.05, 4.69) is 53.2 Å². The lowest BCUT2D eigenvalue weighted by atomic mass is 10.1. The van der Waals surface area contributed by atoms with Crippen molar-refractivity contribution >= 4 is 16.8 Å². The molecular weight excluding hydrogens is 322 g/mol. The predicted octanol–water partition coefficient (Wildman–Crippen LogP) is 3.62. The van der Waals surface area contributed by atoms with E-state index < -0.39 is 0 Å². The molecule has 0 aliphatic carbocycles. The number of fused-ring (bicyclic) bond motifs is 1. The van der Waals surface area contributed by atoms with Gasteiger partial charge in [-0.25, -0.2) is 0 Å². The molecule has 2 heterocycles. The number of aromatic nitrogens is 1. The maximum atomic E-state index is 12.7. The van der Waals surface area contributed by atoms with Gasteiger partial charge in [0.1, 0.15) is 0 Å². The fourth-order valence-electron chi connectivity index (χ4n) is 3.85. The lowest BCUT2D eigenvalue weighted by molar-refractivity contribution is -0.132. The highest BCUT2D eigenvalue weighted by Gasteiger charge is 2.25. The van der Waals surface area contributed by atoms with Crippen molar-refractivity contribution in [2.45, 2.75) is 19.4 Å². The number of para-hydroxylation sites is 1. The summed E-state index contributed by atoms with van der Waals surface area (Å²) >= 11 is 0. The molecular formula is C22H25N3O. The first-order chi connectivity index (χ1) is 12.7. The van der Waals surface area contributed by atoms with Gasteiger partial charge in [0, 0.05) is 49.3 Å². The monoisotopic (exact) mass is 347 g/mol. The van der Waals surface area contributed by atoms with E-state index in [9.17, 15) is 4.79 Å². The van der Waals surface area contributed by atoms with Crippen molar-refractivity contribution in [1.29, 1.82) is 0 Å². The van der Waals surface area contributed by atoms with Gasteiger partial charge in [-0.05, 0) is 24.1 Å². The second-order valence-corrected chi connectivity index (χ2v) is 7.04. The van der Waals surface area contributed by atoms with Gasteiger partial charge in [-0.1, -0.05) is 48.5 Å². The Kier molecular flexibility index (Phi) is 4.76. The summed E-state index contributed by atoms with van der Waals surface area (Å²) in [6.07, 6.45) is 2.44. The summed E-state index contributed by atoms with van der Waals surface area (Å²) in [4.78, 5) is 20.5. The van der Waals surface area contributed by atoms with Crippen LogP contribution in [0, 0.1) is 0 Å². The maximum Gasteiger partial charge on any atom is 0.227 e. The Bertz CT molecular complexity index is 879. The van der Waals surface area contributed by atoms with E-state index in [-0.39, 0.29) is 5.91 Å². The summed E-state index contributed by atoms with van der Waals surface area (Å²) in [7, 11) is 0. The number of nitrogens with one attached hydrogen (secondary N) is 1. The van der Waals surface area contributed by atoms with Crippen LogP contribution in [0.3, 0.4) is 0 Å². The van der Waals surface area contributed by atoms with Gasteiger partial charge >= 0.3 is 0 Å². The van der Waals surface area contributed by atoms with Crippen LogP contribution in [0.15, 0.2) is 60.8 Å². The Morgan fingerprint density at radius 1 is 1.00 bits per heavy atom. The average Bonchev–Trinajstić information content (AvgIpc) is 3.11. The third kappa shape index (κ3) is 3.37. The standard InChI is InChI=1S/C22H25N3O/c1-17(18-7-3-2-4-8-18)24-11-13-25(14-12-24)22(26)15-19-16-23-21-10-6-5-9-20(19)21/h2-10,16-17,23H,11-15H2,1H3. The number of H-pyrrole nitrogens is 1. The van der Waals surface area contributed by atoms with Crippen LogP contribution in [-0.4, -0.2) is 46.9 Å². The molecule has 3 aromatic rings. The third-order valence-electron chi connectivity index (χ3n) is 5.51. The fraction of sp³-hybridized carbons (Fsp3) is 0.318. The molecule has 2 aromatic carbocycles. The summed E-state index contributed by atoms with van der Waals surface area (Å²) in [5.74, 6) is 0.224. The summed E-state index contributed by atoms with van der Waals surface area (Å²) in [5, 5.41) is 1.15. The molecule has 1 N–H and O–H groups in total. The lowest BCUT2D eigenvalue weighted by Crippen LogP contribution is -2.49. The molecule has 1 aliphatic heterocycles. The highest BCUT2D eigenvalue weighted by Crippen LogP contribution is 2.22. The first kappa shape index (κ1) is 16.9. The predicted molar refractivity (Wildman–Crippen MR) is 105 cm³/mol. The largest absolute Gasteiger partial charge is 0.361 e. The van der Waals surface area contributed by atoms with Crippen LogP contribution < -0.4 is 0 Å². The summed E-state index contributed by atoms with van der Waals surface area (Å²) < 4.78 is 0. The summed E-state index contributed by atoms with van der Waals surface area (Å²) in [6.45, 7) is 5.71. The molecule has 1 saturated heterocycles. The lowest BCUT2D eigenvalue weighted by Gasteiger charge is -2.38. The number of benzene rings is 2. The van der Waals surface area contributed by atoms with Gasteiger partial charge in [0.15, 0.2) is 0 Å². The zero-order chi connectivity index (χ0) is 17.9. The molecule has 0 spiro atoms. The Labute approximate surface area is 154 Å². The van der Waals surface area contributed by atoms with Crippen LogP contribution in [0.25, 0.3) is 10.9 Å². The smallest absolute Gasteiger partial charge is 0.227 e. The minimum absolute atomic E-state index is 0.224. The number of carbonyl (C=O) groups excluding carboxylic acids is 1. The molecule has 1 atom stereocenters. The molecule has 1 aromatic heterocycles. The van der Waals surface area contributed by atoms with Crippen LogP contribution in [0.5, 0.6) is 0 Å². The molecule has 0 bridgehead atoms. The first-order valence-electron chi connectivity index (χ1n) is 9.34. The Morgan fingerprint density at radius 3 is 2.46 bits per heavy atom. The van der Waals surface area contributed by atoms with Crippen molar-refractivity contribution < 1.29 is 4.79 Å². The second kappa shape index (κ2) is 7.34. The number of piperazine rings is 1. The summed E-state index contributed by atoms with van der Waals surface area (Å²) in [6, 6.07) is 19.1. The van der Waals surface area contributed by atoms with E-state index in [1.165, 1.54) is 5.56 Å². The SMILES string of the molecule is CC(c1ccccc1)N1CCN(C(=O)Cc2c[nH]c3ccccc23)CC1. The molecule has 4 nitrogen and oxygen atoms in total. The molecule has 26 heavy (non-hydrogen) atoms. The highest BCUT2D eigenvalue weighted by molar-refractivity contribution is 5.88. The van der Waals surface area contributed by atoms with Gasteiger partial charge in [0.25, 0.3) is 0 Å². The summed E-state index contributed by atoms with van der Waals surface area (Å²) in [5.41, 5.74) is 3.52. The van der Waals surface area contributed by atoms with Gasteiger partial charge in [-0.3, -0.25) is 9.69 Å². The van der Waals surface area contributed by atoms with E-state index in [1.54, 1.807) is 0 Å². The van der Waals surface area contributed by atoms with Crippen LogP contribution >= 0.6 is 0 Å². The van der Waals surface area contributed by atoms with E-state index >= 15 is 0 Å². The van der Waals surface area contributed by atoms with Crippen molar-refractivity contribution in [2.24, 2.45) is 0 Å². The molecule has 0 saturated carbocycles. The molecule has 1 amide bonds. The minimum atomic E-state index is 0.224. The molecule has 4 heteroatoms. The number of nitrogens with zero attached hydrogens (tertiary/aromatic N) is 2. The van der Waals surface area contributed by atoms with Crippen LogP contribution in [0.4, 0.5) is 0 Å². The molecule has 1 unspecified atom stereocenters. The Balaban J connectivity index is 1.36. The van der Waals surface area contributed by atoms with E-state index in [0.717, 1.165) is 42.6 Å². The normalized spacial score (nSPS) is 16.7. The van der Waals surface area contributed by atoms with E-state index in [0.29, 0.717) is 12.5 Å². The first-order valence-corrected chi connectivity index (χ1v) is 9.34. The molecule has 4 rings (SSSR count). The zero-order valence-electron chi connectivity index (χ0n) is 15.2. The fourth-order valence-corrected chi connectivity index (χ4v) is 3.85. The Hall–Kier alpha value is -2.59. The highest BCUT2D eigenvalue weighted by atomic mass is 16.2. The topological polar surface area (TPSA) is 39.3 Å². The third-order valence-corrected chi connectivity index (χ3v) is 5.51. The van der Waals surface area contributed by atoms with Crippen molar-refractivity contribution in [3.05, 3.63) is 71.9 Å². The van der Waals surface area contributed by atoms with Gasteiger partial charge in [0.2, 0.25) is 5.91 Å². The van der Waals surface area contributed by atoms with Gasteiger partial charge in [-0.2, -0.15) is 0 Å². The van der Waals surface area contributed by atoms with Crippen molar-refractivity contribution in [1.82, 2.24) is 14.8 Å². The molecule has 1 fully saturated rings. The van der Waals surface area contributed by atoms with Crippen molar-refractivity contribution in [2.75, 3.05) is 26.2 Å². The molecule has 1 aliphatic rings. The van der Waals surface area contributed by atoms with E-state index in [1.807, 2.05) is 29.3 Å². The molecule has 134 valence electrons. The van der Waals surface area contributed by atoms with Crippen molar-refractivity contribution in [3.8, 4) is 0 Å². The van der Waals surface area contributed by atoms with Crippen LogP contribution in [0.1, 0.15) is 24.1 Å². The van der Waals surface area contributed by atoms with E-state index in [4.69, 9.17) is 0 Å². The van der Waals surface area contributed by atoms with Crippen molar-refractivity contribution in [3.63, 3.8) is 0 Å². The second-order valence-electron chi connectivity index (χ2n) is 7.04. The van der Waals surface area contributed by atoms with Gasteiger partial charge in [0.05, 0.1) is 6.42 Å².